The summed E-state index contributed by atoms with van der Waals surface area (Å²) >= 11 is 0. The first kappa shape index (κ1) is 12.4. The van der Waals surface area contributed by atoms with Crippen LogP contribution in [0.5, 0.6) is 0 Å². The number of carbonyl (C=O) groups excluding carboxylic acids is 1. The molecule has 0 amide bonds. The van der Waals surface area contributed by atoms with Crippen LogP contribution in [0.15, 0.2) is 41.2 Å². The molecule has 0 radical (unpaired) electrons. The van der Waals surface area contributed by atoms with Crippen molar-refractivity contribution in [1.82, 2.24) is 9.97 Å². The Hall–Kier alpha value is -2.62. The van der Waals surface area contributed by atoms with Crippen molar-refractivity contribution in [2.24, 2.45) is 0 Å². The van der Waals surface area contributed by atoms with E-state index in [1.165, 1.54) is 0 Å². The molecular formula is C16H14N2O2. The first-order valence-corrected chi connectivity index (χ1v) is 6.39. The van der Waals surface area contributed by atoms with Crippen LogP contribution in [-0.2, 0) is 0 Å². The first-order chi connectivity index (χ1) is 9.56. The second-order valence-corrected chi connectivity index (χ2v) is 4.94. The number of aromatic nitrogens is 2. The lowest BCUT2D eigenvalue weighted by molar-refractivity contribution is 0.103. The molecule has 1 aromatic heterocycles. The van der Waals surface area contributed by atoms with Gasteiger partial charge in [-0.1, -0.05) is 18.2 Å². The molecule has 4 nitrogen and oxygen atoms in total. The molecular weight excluding hydrogens is 252 g/mol. The Labute approximate surface area is 115 Å². The van der Waals surface area contributed by atoms with Crippen molar-refractivity contribution in [3.05, 3.63) is 69.1 Å². The molecule has 0 bridgehead atoms. The lowest BCUT2D eigenvalue weighted by Crippen LogP contribution is -2.06. The number of benzene rings is 2. The predicted octanol–water partition coefficient (Wildman–Crippen LogP) is 2.70. The van der Waals surface area contributed by atoms with Crippen LogP contribution in [0.4, 0.5) is 0 Å². The molecule has 3 aromatic rings. The molecule has 0 spiro atoms. The molecule has 0 aliphatic carbocycles. The molecule has 20 heavy (non-hydrogen) atoms. The van der Waals surface area contributed by atoms with Crippen molar-refractivity contribution in [3.8, 4) is 0 Å². The zero-order valence-electron chi connectivity index (χ0n) is 11.3. The maximum atomic E-state index is 12.6. The number of hydrogen-bond donors (Lipinski definition) is 2. The Morgan fingerprint density at radius 2 is 1.60 bits per heavy atom. The molecule has 3 rings (SSSR count). The third kappa shape index (κ3) is 1.95. The van der Waals surface area contributed by atoms with Crippen molar-refractivity contribution in [2.75, 3.05) is 0 Å². The van der Waals surface area contributed by atoms with Crippen LogP contribution in [0.25, 0.3) is 11.0 Å². The zero-order valence-corrected chi connectivity index (χ0v) is 11.3. The van der Waals surface area contributed by atoms with Gasteiger partial charge in [0, 0.05) is 11.1 Å². The van der Waals surface area contributed by atoms with Crippen molar-refractivity contribution < 1.29 is 4.79 Å². The monoisotopic (exact) mass is 266 g/mol. The van der Waals surface area contributed by atoms with Crippen LogP contribution < -0.4 is 5.69 Å². The fraction of sp³-hybridized carbons (Fsp3) is 0.125. The van der Waals surface area contributed by atoms with Crippen LogP contribution in [-0.4, -0.2) is 15.8 Å². The molecule has 0 saturated heterocycles. The van der Waals surface area contributed by atoms with Crippen molar-refractivity contribution >= 4 is 16.8 Å². The highest BCUT2D eigenvalue weighted by Crippen LogP contribution is 2.20. The van der Waals surface area contributed by atoms with Gasteiger partial charge in [0.1, 0.15) is 0 Å². The molecule has 2 N–H and O–H groups in total. The van der Waals surface area contributed by atoms with Gasteiger partial charge in [0.25, 0.3) is 0 Å². The van der Waals surface area contributed by atoms with E-state index in [1.807, 2.05) is 32.0 Å². The van der Waals surface area contributed by atoms with Crippen molar-refractivity contribution in [1.29, 1.82) is 0 Å². The molecule has 0 fully saturated rings. The number of carbonyl (C=O) groups is 1. The number of hydrogen-bond acceptors (Lipinski definition) is 2. The minimum absolute atomic E-state index is 0.0236. The fourth-order valence-corrected chi connectivity index (χ4v) is 2.49. The van der Waals surface area contributed by atoms with Gasteiger partial charge in [-0.2, -0.15) is 0 Å². The lowest BCUT2D eigenvalue weighted by Gasteiger charge is -2.08. The molecule has 4 heteroatoms. The lowest BCUT2D eigenvalue weighted by atomic mass is 9.95. The molecule has 100 valence electrons. The van der Waals surface area contributed by atoms with E-state index in [-0.39, 0.29) is 11.5 Å². The zero-order chi connectivity index (χ0) is 14.3. The highest BCUT2D eigenvalue weighted by molar-refractivity contribution is 6.11. The summed E-state index contributed by atoms with van der Waals surface area (Å²) in [4.78, 5) is 29.2. The molecule has 0 aliphatic rings. The van der Waals surface area contributed by atoms with E-state index in [1.54, 1.807) is 18.2 Å². The van der Waals surface area contributed by atoms with Crippen LogP contribution in [0.3, 0.4) is 0 Å². The summed E-state index contributed by atoms with van der Waals surface area (Å²) in [7, 11) is 0. The summed E-state index contributed by atoms with van der Waals surface area (Å²) in [6.45, 7) is 3.86. The summed E-state index contributed by atoms with van der Waals surface area (Å²) in [6, 6.07) is 11.0. The number of aromatic amines is 2. The highest BCUT2D eigenvalue weighted by atomic mass is 16.1. The third-order valence-corrected chi connectivity index (χ3v) is 3.49. The Bertz CT molecular complexity index is 851. The summed E-state index contributed by atoms with van der Waals surface area (Å²) in [5, 5.41) is 0. The number of fused-ring (bicyclic) bond motifs is 1. The second-order valence-electron chi connectivity index (χ2n) is 4.94. The average molecular weight is 266 g/mol. The largest absolute Gasteiger partial charge is 0.323 e. The molecule has 1 heterocycles. The van der Waals surface area contributed by atoms with Crippen molar-refractivity contribution in [3.63, 3.8) is 0 Å². The minimum atomic E-state index is -0.267. The second kappa shape index (κ2) is 4.49. The fourth-order valence-electron chi connectivity index (χ4n) is 2.49. The number of aryl methyl sites for hydroxylation is 2. The highest BCUT2D eigenvalue weighted by Gasteiger charge is 2.14. The topological polar surface area (TPSA) is 65.7 Å². The Morgan fingerprint density at radius 1 is 0.950 bits per heavy atom. The van der Waals surface area contributed by atoms with Crippen molar-refractivity contribution in [2.45, 2.75) is 13.8 Å². The SMILES string of the molecule is Cc1cccc(C)c1C(=O)c1ccc2[nH]c(=O)[nH]c2c1. The van der Waals surface area contributed by atoms with Gasteiger partial charge in [0.05, 0.1) is 11.0 Å². The van der Waals surface area contributed by atoms with Crippen LogP contribution in [0.1, 0.15) is 27.0 Å². The van der Waals surface area contributed by atoms with E-state index in [4.69, 9.17) is 0 Å². The van der Waals surface area contributed by atoms with Gasteiger partial charge in [-0.25, -0.2) is 4.79 Å². The van der Waals surface area contributed by atoms with Gasteiger partial charge in [0.2, 0.25) is 0 Å². The van der Waals surface area contributed by atoms with Gasteiger partial charge in [0.15, 0.2) is 5.78 Å². The van der Waals surface area contributed by atoms with Gasteiger partial charge >= 0.3 is 5.69 Å². The summed E-state index contributed by atoms with van der Waals surface area (Å²) < 4.78 is 0. The van der Waals surface area contributed by atoms with Gasteiger partial charge < -0.3 is 9.97 Å². The van der Waals surface area contributed by atoms with E-state index in [9.17, 15) is 9.59 Å². The average Bonchev–Trinajstić information content (AvgIpc) is 2.77. The van der Waals surface area contributed by atoms with Gasteiger partial charge in [-0.3, -0.25) is 4.79 Å². The van der Waals surface area contributed by atoms with E-state index >= 15 is 0 Å². The predicted molar refractivity (Wildman–Crippen MR) is 78.3 cm³/mol. The third-order valence-electron chi connectivity index (χ3n) is 3.49. The molecule has 2 aromatic carbocycles. The Kier molecular flexibility index (Phi) is 2.79. The van der Waals surface area contributed by atoms with Crippen LogP contribution in [0, 0.1) is 13.8 Å². The quantitative estimate of drug-likeness (QED) is 0.700. The van der Waals surface area contributed by atoms with E-state index < -0.39 is 0 Å². The molecule has 0 unspecified atom stereocenters. The standard InChI is InChI=1S/C16H14N2O2/c1-9-4-3-5-10(2)14(9)15(19)11-6-7-12-13(8-11)18-16(20)17-12/h3-8H,1-2H3,(H2,17,18,20). The minimum Gasteiger partial charge on any atom is -0.306 e. The Morgan fingerprint density at radius 3 is 2.30 bits per heavy atom. The van der Waals surface area contributed by atoms with E-state index in [0.29, 0.717) is 16.6 Å². The number of H-pyrrole nitrogens is 2. The maximum absolute atomic E-state index is 12.6. The summed E-state index contributed by atoms with van der Waals surface area (Å²) in [5.74, 6) is -0.0236. The first-order valence-electron chi connectivity index (χ1n) is 6.39. The summed E-state index contributed by atoms with van der Waals surface area (Å²) in [5.41, 5.74) is 4.29. The van der Waals surface area contributed by atoms with Gasteiger partial charge in [-0.15, -0.1) is 0 Å². The molecule has 0 saturated carbocycles. The number of imidazole rings is 1. The summed E-state index contributed by atoms with van der Waals surface area (Å²) in [6.07, 6.45) is 0. The van der Waals surface area contributed by atoms with Gasteiger partial charge in [-0.05, 0) is 43.2 Å². The number of ketones is 1. The van der Waals surface area contributed by atoms with E-state index in [0.717, 1.165) is 16.7 Å². The molecule has 0 atom stereocenters. The smallest absolute Gasteiger partial charge is 0.306 e. The maximum Gasteiger partial charge on any atom is 0.323 e. The molecule has 0 aliphatic heterocycles. The number of rotatable bonds is 2. The normalized spacial score (nSPS) is 10.9. The Balaban J connectivity index is 2.15. The van der Waals surface area contributed by atoms with E-state index in [2.05, 4.69) is 9.97 Å². The number of nitrogens with one attached hydrogen (secondary N) is 2. The van der Waals surface area contributed by atoms with Crippen LogP contribution in [0.2, 0.25) is 0 Å². The van der Waals surface area contributed by atoms with Crippen LogP contribution >= 0.6 is 0 Å².